The molecule has 4 nitrogen and oxygen atoms in total. The van der Waals surface area contributed by atoms with E-state index < -0.39 is 0 Å². The maximum Gasteiger partial charge on any atom is 0.340 e. The van der Waals surface area contributed by atoms with Gasteiger partial charge >= 0.3 is 5.97 Å². The normalized spacial score (nSPS) is 19.4. The maximum absolute atomic E-state index is 11.7. The fourth-order valence-electron chi connectivity index (χ4n) is 2.33. The Morgan fingerprint density at radius 1 is 1.53 bits per heavy atom. The molecule has 1 aliphatic rings. The van der Waals surface area contributed by atoms with Gasteiger partial charge in [0.2, 0.25) is 0 Å². The van der Waals surface area contributed by atoms with E-state index in [2.05, 4.69) is 11.8 Å². The number of benzene rings is 1. The number of methoxy groups -OCH3 is 1. The first kappa shape index (κ1) is 11.8. The van der Waals surface area contributed by atoms with Gasteiger partial charge in [-0.1, -0.05) is 13.0 Å². The average molecular weight is 234 g/mol. The molecule has 0 amide bonds. The Bertz CT molecular complexity index is 431. The second-order valence-corrected chi connectivity index (χ2v) is 4.57. The van der Waals surface area contributed by atoms with Crippen molar-refractivity contribution in [3.63, 3.8) is 0 Å². The minimum absolute atomic E-state index is 0.327. The molecule has 0 bridgehead atoms. The van der Waals surface area contributed by atoms with Crippen LogP contribution in [0, 0.1) is 5.92 Å². The fraction of sp³-hybridized carbons (Fsp3) is 0.462. The van der Waals surface area contributed by atoms with Gasteiger partial charge in [-0.3, -0.25) is 0 Å². The van der Waals surface area contributed by atoms with Crippen LogP contribution in [0.25, 0.3) is 0 Å². The van der Waals surface area contributed by atoms with Gasteiger partial charge in [0.25, 0.3) is 0 Å². The van der Waals surface area contributed by atoms with Gasteiger partial charge in [0, 0.05) is 13.1 Å². The number of nitrogens with two attached hydrogens (primary N) is 1. The summed E-state index contributed by atoms with van der Waals surface area (Å²) in [6, 6.07) is 5.37. The molecular formula is C13H18N2O2. The summed E-state index contributed by atoms with van der Waals surface area (Å²) in [6.45, 7) is 4.09. The first-order valence-electron chi connectivity index (χ1n) is 5.85. The quantitative estimate of drug-likeness (QED) is 0.627. The zero-order valence-electron chi connectivity index (χ0n) is 10.3. The number of nitrogens with zero attached hydrogens (tertiary/aromatic N) is 1. The molecule has 0 aliphatic carbocycles. The molecule has 1 aromatic carbocycles. The van der Waals surface area contributed by atoms with Crippen molar-refractivity contribution in [1.29, 1.82) is 0 Å². The predicted octanol–water partition coefficient (Wildman–Crippen LogP) is 1.90. The lowest BCUT2D eigenvalue weighted by atomic mass is 10.1. The van der Waals surface area contributed by atoms with Gasteiger partial charge in [-0.2, -0.15) is 0 Å². The summed E-state index contributed by atoms with van der Waals surface area (Å²) in [5.41, 5.74) is 8.01. The third-order valence-electron chi connectivity index (χ3n) is 3.21. The largest absolute Gasteiger partial charge is 0.465 e. The van der Waals surface area contributed by atoms with Crippen LogP contribution < -0.4 is 10.6 Å². The monoisotopic (exact) mass is 234 g/mol. The fourth-order valence-corrected chi connectivity index (χ4v) is 2.33. The highest BCUT2D eigenvalue weighted by molar-refractivity contribution is 5.99. The molecule has 92 valence electrons. The van der Waals surface area contributed by atoms with Crippen LogP contribution in [0.15, 0.2) is 18.2 Å². The highest BCUT2D eigenvalue weighted by Crippen LogP contribution is 2.32. The van der Waals surface area contributed by atoms with Crippen LogP contribution in [-0.2, 0) is 4.74 Å². The van der Waals surface area contributed by atoms with Crippen molar-refractivity contribution in [2.45, 2.75) is 13.3 Å². The first-order chi connectivity index (χ1) is 8.13. The highest BCUT2D eigenvalue weighted by atomic mass is 16.5. The molecule has 2 N–H and O–H groups in total. The topological polar surface area (TPSA) is 55.6 Å². The van der Waals surface area contributed by atoms with Crippen LogP contribution in [0.5, 0.6) is 0 Å². The van der Waals surface area contributed by atoms with Gasteiger partial charge in [-0.15, -0.1) is 0 Å². The highest BCUT2D eigenvalue weighted by Gasteiger charge is 2.25. The Hall–Kier alpha value is -1.71. The number of carbonyl (C=O) groups excluding carboxylic acids is 1. The molecule has 0 saturated carbocycles. The molecule has 2 rings (SSSR count). The number of rotatable bonds is 2. The van der Waals surface area contributed by atoms with Crippen molar-refractivity contribution < 1.29 is 9.53 Å². The van der Waals surface area contributed by atoms with E-state index in [9.17, 15) is 4.79 Å². The molecule has 4 heteroatoms. The third kappa shape index (κ3) is 2.20. The number of anilines is 2. The number of hydrogen-bond donors (Lipinski definition) is 1. The molecule has 0 aromatic heterocycles. The summed E-state index contributed by atoms with van der Waals surface area (Å²) in [5.74, 6) is 0.312. The van der Waals surface area contributed by atoms with Crippen LogP contribution in [0.3, 0.4) is 0 Å². The molecule has 17 heavy (non-hydrogen) atoms. The molecule has 0 radical (unpaired) electrons. The molecule has 1 aromatic rings. The van der Waals surface area contributed by atoms with Crippen molar-refractivity contribution >= 4 is 17.3 Å². The Balaban J connectivity index is 2.40. The molecule has 1 fully saturated rings. The van der Waals surface area contributed by atoms with Gasteiger partial charge in [-0.05, 0) is 24.5 Å². The number of esters is 1. The SMILES string of the molecule is COC(=O)c1cccc(N)c1N1CCC(C)C1. The van der Waals surface area contributed by atoms with Crippen LogP contribution in [0.4, 0.5) is 11.4 Å². The van der Waals surface area contributed by atoms with Gasteiger partial charge < -0.3 is 15.4 Å². The number of para-hydroxylation sites is 1. The number of hydrogen-bond acceptors (Lipinski definition) is 4. The standard InChI is InChI=1S/C13H18N2O2/c1-9-6-7-15(8-9)12-10(13(16)17-2)4-3-5-11(12)14/h3-5,9H,6-8,14H2,1-2H3. The molecule has 1 atom stereocenters. The molecule has 1 heterocycles. The minimum atomic E-state index is -0.327. The number of nitrogen functional groups attached to an aromatic ring is 1. The lowest BCUT2D eigenvalue weighted by Gasteiger charge is -2.22. The second kappa shape index (κ2) is 4.65. The van der Waals surface area contributed by atoms with Crippen molar-refractivity contribution in [3.8, 4) is 0 Å². The number of ether oxygens (including phenoxy) is 1. The van der Waals surface area contributed by atoms with Crippen LogP contribution in [0.2, 0.25) is 0 Å². The Kier molecular flexibility index (Phi) is 3.22. The van der Waals surface area contributed by atoms with E-state index in [1.807, 2.05) is 6.07 Å². The van der Waals surface area contributed by atoms with Crippen LogP contribution in [-0.4, -0.2) is 26.2 Å². The molecule has 1 aliphatic heterocycles. The number of carbonyl (C=O) groups is 1. The lowest BCUT2D eigenvalue weighted by molar-refractivity contribution is 0.0601. The van der Waals surface area contributed by atoms with Gasteiger partial charge in [-0.25, -0.2) is 4.79 Å². The molecule has 0 spiro atoms. The van der Waals surface area contributed by atoms with Crippen molar-refractivity contribution in [3.05, 3.63) is 23.8 Å². The molecule has 1 unspecified atom stereocenters. The zero-order chi connectivity index (χ0) is 12.4. The van der Waals surface area contributed by atoms with E-state index in [-0.39, 0.29) is 5.97 Å². The summed E-state index contributed by atoms with van der Waals surface area (Å²) in [4.78, 5) is 13.9. The zero-order valence-corrected chi connectivity index (χ0v) is 10.3. The smallest absolute Gasteiger partial charge is 0.340 e. The average Bonchev–Trinajstić information content (AvgIpc) is 2.74. The lowest BCUT2D eigenvalue weighted by Crippen LogP contribution is -2.23. The Morgan fingerprint density at radius 2 is 2.29 bits per heavy atom. The summed E-state index contributed by atoms with van der Waals surface area (Å²) in [5, 5.41) is 0. The van der Waals surface area contributed by atoms with E-state index in [1.54, 1.807) is 12.1 Å². The summed E-state index contributed by atoms with van der Waals surface area (Å²) < 4.78 is 4.80. The van der Waals surface area contributed by atoms with Gasteiger partial charge in [0.05, 0.1) is 24.0 Å². The Labute approximate surface area is 101 Å². The Morgan fingerprint density at radius 3 is 2.88 bits per heavy atom. The van der Waals surface area contributed by atoms with Crippen molar-refractivity contribution in [1.82, 2.24) is 0 Å². The summed E-state index contributed by atoms with van der Waals surface area (Å²) in [7, 11) is 1.39. The third-order valence-corrected chi connectivity index (χ3v) is 3.21. The first-order valence-corrected chi connectivity index (χ1v) is 5.85. The summed E-state index contributed by atoms with van der Waals surface area (Å²) in [6.07, 6.45) is 1.13. The van der Waals surface area contributed by atoms with Crippen molar-refractivity contribution in [2.75, 3.05) is 30.8 Å². The van der Waals surface area contributed by atoms with Crippen molar-refractivity contribution in [2.24, 2.45) is 5.92 Å². The molecule has 1 saturated heterocycles. The van der Waals surface area contributed by atoms with Crippen LogP contribution >= 0.6 is 0 Å². The van der Waals surface area contributed by atoms with E-state index in [1.165, 1.54) is 7.11 Å². The van der Waals surface area contributed by atoms with E-state index in [0.29, 0.717) is 17.2 Å². The van der Waals surface area contributed by atoms with Gasteiger partial charge in [0.15, 0.2) is 0 Å². The molecular weight excluding hydrogens is 216 g/mol. The predicted molar refractivity (Wildman–Crippen MR) is 68.2 cm³/mol. The van der Waals surface area contributed by atoms with Gasteiger partial charge in [0.1, 0.15) is 0 Å². The summed E-state index contributed by atoms with van der Waals surface area (Å²) >= 11 is 0. The second-order valence-electron chi connectivity index (χ2n) is 4.57. The van der Waals surface area contributed by atoms with E-state index in [4.69, 9.17) is 10.5 Å². The maximum atomic E-state index is 11.7. The minimum Gasteiger partial charge on any atom is -0.465 e. The van der Waals surface area contributed by atoms with E-state index in [0.717, 1.165) is 25.2 Å². The van der Waals surface area contributed by atoms with Crippen LogP contribution in [0.1, 0.15) is 23.7 Å². The van der Waals surface area contributed by atoms with E-state index >= 15 is 0 Å².